The minimum Gasteiger partial charge on any atom is -0.394 e. The minimum absolute atomic E-state index is 0.198. The highest BCUT2D eigenvalue weighted by atomic mass is 16.3. The average molecular weight is 224 g/mol. The maximum Gasteiger partial charge on any atom is 0.0897 e. The van der Waals surface area contributed by atoms with E-state index in [1.165, 1.54) is 5.56 Å². The zero-order chi connectivity index (χ0) is 12.0. The van der Waals surface area contributed by atoms with E-state index in [-0.39, 0.29) is 6.61 Å². The molecule has 0 aliphatic carbocycles. The molecule has 16 heavy (non-hydrogen) atoms. The maximum absolute atomic E-state index is 9.28. The van der Waals surface area contributed by atoms with Crippen molar-refractivity contribution in [3.63, 3.8) is 0 Å². The van der Waals surface area contributed by atoms with Gasteiger partial charge in [0.1, 0.15) is 0 Å². The van der Waals surface area contributed by atoms with Crippen molar-refractivity contribution < 1.29 is 10.2 Å². The van der Waals surface area contributed by atoms with Crippen LogP contribution < -0.4 is 5.73 Å². The van der Waals surface area contributed by atoms with Crippen molar-refractivity contribution in [3.8, 4) is 0 Å². The Morgan fingerprint density at radius 3 is 2.31 bits per heavy atom. The lowest BCUT2D eigenvalue weighted by Gasteiger charge is -2.19. The second-order valence-electron chi connectivity index (χ2n) is 4.05. The van der Waals surface area contributed by atoms with Crippen molar-refractivity contribution in [1.29, 1.82) is 0 Å². The molecule has 0 saturated carbocycles. The molecule has 4 heteroatoms. The van der Waals surface area contributed by atoms with Gasteiger partial charge < -0.3 is 15.9 Å². The number of hydrogen-bond donors (Lipinski definition) is 3. The van der Waals surface area contributed by atoms with Crippen LogP contribution in [0.5, 0.6) is 0 Å². The van der Waals surface area contributed by atoms with E-state index in [4.69, 9.17) is 10.8 Å². The summed E-state index contributed by atoms with van der Waals surface area (Å²) in [6, 6.07) is 8.07. The molecule has 1 rings (SSSR count). The number of likely N-dealkylation sites (N-methyl/N-ethyl adjacent to an activating group) is 1. The molecule has 0 fully saturated rings. The van der Waals surface area contributed by atoms with Crippen LogP contribution in [0, 0.1) is 0 Å². The minimum atomic E-state index is -0.673. The van der Waals surface area contributed by atoms with Crippen LogP contribution in [-0.4, -0.2) is 41.4 Å². The zero-order valence-electron chi connectivity index (χ0n) is 9.63. The first-order valence-electron chi connectivity index (χ1n) is 5.41. The molecule has 0 radical (unpaired) electrons. The Morgan fingerprint density at radius 2 is 1.81 bits per heavy atom. The van der Waals surface area contributed by atoms with Gasteiger partial charge in [-0.3, -0.25) is 4.90 Å². The molecule has 4 nitrogen and oxygen atoms in total. The highest BCUT2D eigenvalue weighted by Crippen LogP contribution is 2.06. The van der Waals surface area contributed by atoms with Crippen LogP contribution in [0.1, 0.15) is 11.1 Å². The fraction of sp³-hybridized carbons (Fsp3) is 0.500. The fourth-order valence-corrected chi connectivity index (χ4v) is 1.57. The van der Waals surface area contributed by atoms with E-state index in [1.54, 1.807) is 0 Å². The van der Waals surface area contributed by atoms with Crippen molar-refractivity contribution in [3.05, 3.63) is 35.4 Å². The molecular weight excluding hydrogens is 204 g/mol. The third-order valence-electron chi connectivity index (χ3n) is 2.44. The summed E-state index contributed by atoms with van der Waals surface area (Å²) in [7, 11) is 1.91. The largest absolute Gasteiger partial charge is 0.394 e. The third-order valence-corrected chi connectivity index (χ3v) is 2.44. The summed E-state index contributed by atoms with van der Waals surface area (Å²) in [5.41, 5.74) is 7.80. The van der Waals surface area contributed by atoms with Gasteiger partial charge in [0, 0.05) is 19.6 Å². The smallest absolute Gasteiger partial charge is 0.0897 e. The van der Waals surface area contributed by atoms with E-state index >= 15 is 0 Å². The summed E-state index contributed by atoms with van der Waals surface area (Å²) in [5, 5.41) is 18.0. The van der Waals surface area contributed by atoms with Crippen molar-refractivity contribution >= 4 is 0 Å². The van der Waals surface area contributed by atoms with Gasteiger partial charge in [-0.2, -0.15) is 0 Å². The Bertz CT molecular complexity index is 300. The first-order valence-corrected chi connectivity index (χ1v) is 5.41. The van der Waals surface area contributed by atoms with Crippen molar-refractivity contribution in [2.45, 2.75) is 19.2 Å². The Morgan fingerprint density at radius 1 is 1.25 bits per heavy atom. The lowest BCUT2D eigenvalue weighted by atomic mass is 10.1. The number of rotatable bonds is 6. The molecule has 1 atom stereocenters. The Labute approximate surface area is 96.3 Å². The van der Waals surface area contributed by atoms with Gasteiger partial charge in [0.15, 0.2) is 0 Å². The highest BCUT2D eigenvalue weighted by Gasteiger charge is 2.06. The van der Waals surface area contributed by atoms with Gasteiger partial charge in [0.25, 0.3) is 0 Å². The van der Waals surface area contributed by atoms with Crippen LogP contribution in [0.2, 0.25) is 0 Å². The molecule has 0 spiro atoms. The molecule has 1 aromatic carbocycles. The van der Waals surface area contributed by atoms with Crippen LogP contribution in [0.25, 0.3) is 0 Å². The number of nitrogens with two attached hydrogens (primary N) is 1. The molecule has 0 saturated heterocycles. The summed E-state index contributed by atoms with van der Waals surface area (Å²) in [5.74, 6) is 0. The van der Waals surface area contributed by atoms with Gasteiger partial charge in [-0.05, 0) is 18.2 Å². The predicted octanol–water partition coefficient (Wildman–Crippen LogP) is -0.0697. The molecule has 1 aromatic rings. The molecule has 0 aromatic heterocycles. The van der Waals surface area contributed by atoms with Crippen LogP contribution in [0.4, 0.5) is 0 Å². The zero-order valence-corrected chi connectivity index (χ0v) is 9.63. The van der Waals surface area contributed by atoms with Crippen LogP contribution in [0.3, 0.4) is 0 Å². The molecule has 0 aliphatic heterocycles. The predicted molar refractivity (Wildman–Crippen MR) is 63.8 cm³/mol. The van der Waals surface area contributed by atoms with Crippen molar-refractivity contribution in [2.24, 2.45) is 5.73 Å². The second kappa shape index (κ2) is 6.60. The number of nitrogens with zero attached hydrogens (tertiary/aromatic N) is 1. The Kier molecular flexibility index (Phi) is 5.42. The Balaban J connectivity index is 2.46. The molecule has 0 amide bonds. The number of hydrogen-bond acceptors (Lipinski definition) is 4. The monoisotopic (exact) mass is 224 g/mol. The van der Waals surface area contributed by atoms with Gasteiger partial charge in [0.2, 0.25) is 0 Å². The van der Waals surface area contributed by atoms with Gasteiger partial charge in [-0.1, -0.05) is 24.3 Å². The van der Waals surface area contributed by atoms with Crippen molar-refractivity contribution in [2.75, 3.05) is 20.2 Å². The van der Waals surface area contributed by atoms with Gasteiger partial charge >= 0.3 is 0 Å². The van der Waals surface area contributed by atoms with E-state index < -0.39 is 6.10 Å². The van der Waals surface area contributed by atoms with Crippen LogP contribution in [0.15, 0.2) is 24.3 Å². The summed E-state index contributed by atoms with van der Waals surface area (Å²) >= 11 is 0. The van der Waals surface area contributed by atoms with E-state index in [0.717, 1.165) is 12.1 Å². The Hall–Kier alpha value is -0.940. The van der Waals surface area contributed by atoms with Crippen molar-refractivity contribution in [1.82, 2.24) is 4.90 Å². The van der Waals surface area contributed by atoms with E-state index in [0.29, 0.717) is 13.1 Å². The summed E-state index contributed by atoms with van der Waals surface area (Å²) in [4.78, 5) is 1.97. The summed E-state index contributed by atoms with van der Waals surface area (Å²) in [6.07, 6.45) is -0.673. The van der Waals surface area contributed by atoms with Crippen LogP contribution >= 0.6 is 0 Å². The van der Waals surface area contributed by atoms with Gasteiger partial charge in [-0.25, -0.2) is 0 Å². The molecule has 0 bridgehead atoms. The summed E-state index contributed by atoms with van der Waals surface area (Å²) < 4.78 is 0. The number of benzene rings is 1. The maximum atomic E-state index is 9.28. The normalized spacial score (nSPS) is 13.1. The second-order valence-corrected chi connectivity index (χ2v) is 4.05. The molecule has 4 N–H and O–H groups in total. The van der Waals surface area contributed by atoms with Crippen LogP contribution in [-0.2, 0) is 13.1 Å². The fourth-order valence-electron chi connectivity index (χ4n) is 1.57. The molecule has 1 unspecified atom stereocenters. The van der Waals surface area contributed by atoms with E-state index in [2.05, 4.69) is 0 Å². The highest BCUT2D eigenvalue weighted by molar-refractivity contribution is 5.22. The quantitative estimate of drug-likeness (QED) is 0.632. The third kappa shape index (κ3) is 4.28. The summed E-state index contributed by atoms with van der Waals surface area (Å²) in [6.45, 7) is 1.58. The topological polar surface area (TPSA) is 69.7 Å². The van der Waals surface area contributed by atoms with Gasteiger partial charge in [0.05, 0.1) is 12.7 Å². The van der Waals surface area contributed by atoms with E-state index in [9.17, 15) is 5.11 Å². The van der Waals surface area contributed by atoms with Gasteiger partial charge in [-0.15, -0.1) is 0 Å². The number of aliphatic hydroxyl groups is 2. The SMILES string of the molecule is CN(Cc1ccc(CN)cc1)CC(O)CO. The molecule has 90 valence electrons. The first-order chi connectivity index (χ1) is 7.65. The van der Waals surface area contributed by atoms with E-state index in [1.807, 2.05) is 36.2 Å². The molecule has 0 heterocycles. The average Bonchev–Trinajstić information content (AvgIpc) is 2.29. The lowest BCUT2D eigenvalue weighted by molar-refractivity contribution is 0.0648. The number of aliphatic hydroxyl groups excluding tert-OH is 2. The standard InChI is InChI=1S/C12H20N2O2/c1-14(8-12(16)9-15)7-11-4-2-10(6-13)3-5-11/h2-5,12,15-16H,6-9,13H2,1H3. The molecule has 0 aliphatic rings. The lowest BCUT2D eigenvalue weighted by Crippen LogP contribution is -2.30. The first kappa shape index (κ1) is 13.1. The molecular formula is C12H20N2O2.